The van der Waals surface area contributed by atoms with Crippen molar-refractivity contribution in [3.05, 3.63) is 30.6 Å². The number of fused-ring (bicyclic) bond motifs is 3. The highest BCUT2D eigenvalue weighted by molar-refractivity contribution is 6.11. The van der Waals surface area contributed by atoms with Crippen LogP contribution in [0.25, 0.3) is 21.8 Å². The molecule has 4 rings (SSSR count). The predicted octanol–water partition coefficient (Wildman–Crippen LogP) is 2.77. The average Bonchev–Trinajstić information content (AvgIpc) is 3.33. The van der Waals surface area contributed by atoms with E-state index in [1.165, 1.54) is 0 Å². The lowest BCUT2D eigenvalue weighted by atomic mass is 10.1. The predicted molar refractivity (Wildman–Crippen MR) is 110 cm³/mol. The van der Waals surface area contributed by atoms with Gasteiger partial charge in [0.2, 0.25) is 0 Å². The largest absolute Gasteiger partial charge is 0.496 e. The van der Waals surface area contributed by atoms with Gasteiger partial charge >= 0.3 is 0 Å². The van der Waals surface area contributed by atoms with Crippen LogP contribution < -0.4 is 15.0 Å². The first kappa shape index (κ1) is 18.1. The Morgan fingerprint density at radius 1 is 1.21 bits per heavy atom. The molecule has 0 unspecified atom stereocenters. The van der Waals surface area contributed by atoms with Crippen LogP contribution in [0.3, 0.4) is 0 Å². The molecule has 9 nitrogen and oxygen atoms in total. The summed E-state index contributed by atoms with van der Waals surface area (Å²) in [6.07, 6.45) is 3.59. The van der Waals surface area contributed by atoms with Gasteiger partial charge in [-0.15, -0.1) is 0 Å². The molecular formula is C19H23N7O2. The molecule has 0 bridgehead atoms. The summed E-state index contributed by atoms with van der Waals surface area (Å²) >= 11 is 0. The van der Waals surface area contributed by atoms with Gasteiger partial charge in [-0.05, 0) is 12.1 Å². The second-order valence-electron chi connectivity index (χ2n) is 6.59. The molecule has 0 amide bonds. The standard InChI is InChI=1S/C19H23N7O2/c1-25(2)19-14(11-21-26(19)8-9-27-3)23-18-17-12(10-20-24-17)16-13(22-18)6-5-7-15(16)28-4/h5-7,10-11H,8-9H2,1-4H3,(H,20,24)(H,22,23). The monoisotopic (exact) mass is 381 g/mol. The molecule has 28 heavy (non-hydrogen) atoms. The second-order valence-corrected chi connectivity index (χ2v) is 6.59. The Bertz CT molecular complexity index is 1120. The van der Waals surface area contributed by atoms with Gasteiger partial charge < -0.3 is 19.7 Å². The lowest BCUT2D eigenvalue weighted by Gasteiger charge is -2.18. The molecule has 4 aromatic rings. The van der Waals surface area contributed by atoms with Crippen LogP contribution in [0.2, 0.25) is 0 Å². The highest BCUT2D eigenvalue weighted by atomic mass is 16.5. The molecule has 1 aromatic carbocycles. The number of aromatic nitrogens is 5. The van der Waals surface area contributed by atoms with Gasteiger partial charge in [-0.3, -0.25) is 5.10 Å². The second kappa shape index (κ2) is 7.35. The maximum Gasteiger partial charge on any atom is 0.157 e. The summed E-state index contributed by atoms with van der Waals surface area (Å²) in [5, 5.41) is 17.1. The first-order chi connectivity index (χ1) is 13.6. The zero-order chi connectivity index (χ0) is 19.7. The highest BCUT2D eigenvalue weighted by Crippen LogP contribution is 2.36. The van der Waals surface area contributed by atoms with Gasteiger partial charge in [-0.25, -0.2) is 9.67 Å². The molecule has 2 N–H and O–H groups in total. The number of ether oxygens (including phenoxy) is 2. The number of hydrogen-bond donors (Lipinski definition) is 2. The number of anilines is 3. The van der Waals surface area contributed by atoms with E-state index < -0.39 is 0 Å². The van der Waals surface area contributed by atoms with E-state index in [9.17, 15) is 0 Å². The fourth-order valence-electron chi connectivity index (χ4n) is 3.38. The molecule has 0 atom stereocenters. The normalized spacial score (nSPS) is 11.3. The van der Waals surface area contributed by atoms with Crippen LogP contribution in [0, 0.1) is 0 Å². The van der Waals surface area contributed by atoms with Gasteiger partial charge in [-0.1, -0.05) is 6.07 Å². The molecule has 0 aliphatic rings. The zero-order valence-corrected chi connectivity index (χ0v) is 16.4. The quantitative estimate of drug-likeness (QED) is 0.508. The molecule has 0 spiro atoms. The number of nitrogens with one attached hydrogen (secondary N) is 2. The first-order valence-electron chi connectivity index (χ1n) is 8.93. The minimum atomic E-state index is 0.584. The summed E-state index contributed by atoms with van der Waals surface area (Å²) in [6, 6.07) is 5.82. The van der Waals surface area contributed by atoms with E-state index in [0.717, 1.165) is 39.1 Å². The third-order valence-electron chi connectivity index (χ3n) is 4.60. The van der Waals surface area contributed by atoms with Crippen molar-refractivity contribution < 1.29 is 9.47 Å². The van der Waals surface area contributed by atoms with Gasteiger partial charge in [0.15, 0.2) is 11.6 Å². The third-order valence-corrected chi connectivity index (χ3v) is 4.60. The van der Waals surface area contributed by atoms with E-state index in [4.69, 9.17) is 14.5 Å². The molecule has 0 radical (unpaired) electrons. The molecular weight excluding hydrogens is 358 g/mol. The van der Waals surface area contributed by atoms with Crippen molar-refractivity contribution in [1.82, 2.24) is 25.0 Å². The number of aromatic amines is 1. The van der Waals surface area contributed by atoms with Crippen molar-refractivity contribution in [3.63, 3.8) is 0 Å². The number of hydrogen-bond acceptors (Lipinski definition) is 7. The number of nitrogens with zero attached hydrogens (tertiary/aromatic N) is 5. The van der Waals surface area contributed by atoms with Gasteiger partial charge in [0.05, 0.1) is 43.6 Å². The summed E-state index contributed by atoms with van der Waals surface area (Å²) in [6.45, 7) is 1.24. The SMILES string of the molecule is COCCn1ncc(Nc2nc3cccc(OC)c3c3cn[nH]c23)c1N(C)C. The zero-order valence-electron chi connectivity index (χ0n) is 16.4. The van der Waals surface area contributed by atoms with Gasteiger partial charge in [0, 0.05) is 26.6 Å². The summed E-state index contributed by atoms with van der Waals surface area (Å²) in [7, 11) is 7.30. The molecule has 3 heterocycles. The molecule has 0 aliphatic heterocycles. The lowest BCUT2D eigenvalue weighted by Crippen LogP contribution is -2.18. The van der Waals surface area contributed by atoms with Crippen LogP contribution in [-0.4, -0.2) is 59.9 Å². The molecule has 3 aromatic heterocycles. The fraction of sp³-hybridized carbons (Fsp3) is 0.316. The summed E-state index contributed by atoms with van der Waals surface area (Å²) in [5.74, 6) is 2.39. The maximum atomic E-state index is 5.52. The Morgan fingerprint density at radius 2 is 2.07 bits per heavy atom. The van der Waals surface area contributed by atoms with E-state index in [-0.39, 0.29) is 0 Å². The van der Waals surface area contributed by atoms with E-state index >= 15 is 0 Å². The van der Waals surface area contributed by atoms with Crippen LogP contribution >= 0.6 is 0 Å². The fourth-order valence-corrected chi connectivity index (χ4v) is 3.38. The Labute approximate surface area is 162 Å². The van der Waals surface area contributed by atoms with Crippen molar-refractivity contribution in [1.29, 1.82) is 0 Å². The van der Waals surface area contributed by atoms with E-state index in [1.807, 2.05) is 41.9 Å². The van der Waals surface area contributed by atoms with E-state index in [0.29, 0.717) is 19.0 Å². The van der Waals surface area contributed by atoms with Gasteiger partial charge in [0.1, 0.15) is 17.0 Å². The average molecular weight is 381 g/mol. The number of benzene rings is 1. The number of H-pyrrole nitrogens is 1. The first-order valence-corrected chi connectivity index (χ1v) is 8.93. The summed E-state index contributed by atoms with van der Waals surface area (Å²) in [4.78, 5) is 6.82. The third kappa shape index (κ3) is 2.99. The number of rotatable bonds is 7. The van der Waals surface area contributed by atoms with Crippen LogP contribution in [0.15, 0.2) is 30.6 Å². The number of methoxy groups -OCH3 is 2. The minimum Gasteiger partial charge on any atom is -0.496 e. The van der Waals surface area contributed by atoms with Crippen LogP contribution in [0.1, 0.15) is 0 Å². The topological polar surface area (TPSA) is 93.1 Å². The Morgan fingerprint density at radius 3 is 2.82 bits per heavy atom. The summed E-state index contributed by atoms with van der Waals surface area (Å²) in [5.41, 5.74) is 2.49. The highest BCUT2D eigenvalue weighted by Gasteiger charge is 2.18. The molecule has 9 heteroatoms. The lowest BCUT2D eigenvalue weighted by molar-refractivity contribution is 0.184. The number of pyridine rings is 1. The van der Waals surface area contributed by atoms with E-state index in [2.05, 4.69) is 20.6 Å². The van der Waals surface area contributed by atoms with E-state index in [1.54, 1.807) is 26.6 Å². The molecule has 146 valence electrons. The van der Waals surface area contributed by atoms with Crippen LogP contribution in [0.5, 0.6) is 5.75 Å². The van der Waals surface area contributed by atoms with Crippen molar-refractivity contribution in [3.8, 4) is 5.75 Å². The van der Waals surface area contributed by atoms with Gasteiger partial charge in [0.25, 0.3) is 0 Å². The van der Waals surface area contributed by atoms with Crippen molar-refractivity contribution in [2.75, 3.05) is 45.1 Å². The van der Waals surface area contributed by atoms with Crippen LogP contribution in [-0.2, 0) is 11.3 Å². The smallest absolute Gasteiger partial charge is 0.157 e. The minimum absolute atomic E-state index is 0.584. The van der Waals surface area contributed by atoms with Crippen molar-refractivity contribution >= 4 is 39.1 Å². The Hall–Kier alpha value is -3.33. The molecule has 0 saturated carbocycles. The Kier molecular flexibility index (Phi) is 4.74. The molecule has 0 saturated heterocycles. The molecule has 0 fully saturated rings. The van der Waals surface area contributed by atoms with Gasteiger partial charge in [-0.2, -0.15) is 10.2 Å². The van der Waals surface area contributed by atoms with Crippen molar-refractivity contribution in [2.24, 2.45) is 0 Å². The Balaban J connectivity index is 1.82. The molecule has 0 aliphatic carbocycles. The van der Waals surface area contributed by atoms with Crippen LogP contribution in [0.4, 0.5) is 17.3 Å². The maximum absolute atomic E-state index is 5.52. The summed E-state index contributed by atoms with van der Waals surface area (Å²) < 4.78 is 12.6. The van der Waals surface area contributed by atoms with Crippen molar-refractivity contribution in [2.45, 2.75) is 6.54 Å².